The Hall–Kier alpha value is 0.0800. The molecule has 0 spiro atoms. The van der Waals surface area contributed by atoms with E-state index in [0.717, 1.165) is 16.6 Å². The van der Waals surface area contributed by atoms with Crippen LogP contribution in [0, 0.1) is 9.81 Å². The number of rotatable bonds is 4. The van der Waals surface area contributed by atoms with Crippen molar-refractivity contribution in [3.63, 3.8) is 0 Å². The van der Waals surface area contributed by atoms with Gasteiger partial charge in [-0.2, -0.15) is 5.10 Å². The highest BCUT2D eigenvalue weighted by atomic mass is 127. The molecule has 6 heteroatoms. The molecule has 1 N–H and O–H groups in total. The second kappa shape index (κ2) is 6.02. The summed E-state index contributed by atoms with van der Waals surface area (Å²) in [4.78, 5) is 0. The van der Waals surface area contributed by atoms with Crippen molar-refractivity contribution in [2.45, 2.75) is 19.4 Å². The first-order chi connectivity index (χ1) is 8.52. The summed E-state index contributed by atoms with van der Waals surface area (Å²) in [7, 11) is 4.00. The Morgan fingerprint density at radius 1 is 1.61 bits per heavy atom. The number of aryl methyl sites for hydroxylation is 2. The third kappa shape index (κ3) is 2.97. The van der Waals surface area contributed by atoms with E-state index >= 15 is 0 Å². The molecule has 0 aliphatic heterocycles. The minimum absolute atomic E-state index is 0.330. The minimum atomic E-state index is 0.330. The van der Waals surface area contributed by atoms with Gasteiger partial charge in [-0.05, 0) is 69.5 Å². The van der Waals surface area contributed by atoms with E-state index in [2.05, 4.69) is 60.4 Å². The first-order valence-corrected chi connectivity index (χ1v) is 8.37. The molecular formula is C12H15BrIN3S. The average molecular weight is 440 g/mol. The number of hydrogen-bond donors (Lipinski definition) is 1. The number of halogens is 2. The average Bonchev–Trinajstić information content (AvgIpc) is 2.84. The van der Waals surface area contributed by atoms with Crippen molar-refractivity contribution >= 4 is 49.9 Å². The number of nitrogens with one attached hydrogen (secondary N) is 1. The van der Waals surface area contributed by atoms with Gasteiger partial charge in [-0.3, -0.25) is 4.68 Å². The zero-order valence-electron chi connectivity index (χ0n) is 10.5. The number of likely N-dealkylation sites (N-methyl/N-ethyl adjacent to an activating group) is 1. The predicted molar refractivity (Wildman–Crippen MR) is 88.2 cm³/mol. The van der Waals surface area contributed by atoms with Gasteiger partial charge in [0.25, 0.3) is 0 Å². The lowest BCUT2D eigenvalue weighted by molar-refractivity contribution is 0.561. The number of nitrogens with zero attached hydrogens (tertiary/aromatic N) is 2. The minimum Gasteiger partial charge on any atom is -0.313 e. The topological polar surface area (TPSA) is 29.9 Å². The second-order valence-corrected chi connectivity index (χ2v) is 7.80. The van der Waals surface area contributed by atoms with Gasteiger partial charge < -0.3 is 5.32 Å². The van der Waals surface area contributed by atoms with Crippen LogP contribution in [-0.2, 0) is 13.5 Å². The van der Waals surface area contributed by atoms with Crippen LogP contribution in [-0.4, -0.2) is 16.8 Å². The summed E-state index contributed by atoms with van der Waals surface area (Å²) in [6, 6.07) is 2.57. The number of aromatic nitrogens is 2. The fraction of sp³-hybridized carbons (Fsp3) is 0.417. The van der Waals surface area contributed by atoms with E-state index in [-0.39, 0.29) is 0 Å². The van der Waals surface area contributed by atoms with Crippen LogP contribution in [0.4, 0.5) is 0 Å². The summed E-state index contributed by atoms with van der Waals surface area (Å²) in [6.07, 6.45) is 0.932. The van der Waals surface area contributed by atoms with Crippen LogP contribution in [0.3, 0.4) is 0 Å². The summed E-state index contributed by atoms with van der Waals surface area (Å²) in [5.41, 5.74) is 3.62. The molecular weight excluding hydrogens is 425 g/mol. The van der Waals surface area contributed by atoms with E-state index in [4.69, 9.17) is 0 Å². The van der Waals surface area contributed by atoms with Crippen LogP contribution in [0.1, 0.15) is 23.0 Å². The Morgan fingerprint density at radius 3 is 2.78 bits per heavy atom. The molecule has 2 heterocycles. The Kier molecular flexibility index (Phi) is 4.85. The lowest BCUT2D eigenvalue weighted by Crippen LogP contribution is -2.19. The van der Waals surface area contributed by atoms with Gasteiger partial charge in [0.2, 0.25) is 0 Å². The molecule has 3 nitrogen and oxygen atoms in total. The third-order valence-corrected chi connectivity index (χ3v) is 5.84. The van der Waals surface area contributed by atoms with Gasteiger partial charge in [-0.1, -0.05) is 0 Å². The summed E-state index contributed by atoms with van der Waals surface area (Å²) >= 11 is 7.77. The molecule has 0 amide bonds. The molecule has 0 aliphatic carbocycles. The molecule has 18 heavy (non-hydrogen) atoms. The highest BCUT2D eigenvalue weighted by Gasteiger charge is 2.17. The van der Waals surface area contributed by atoms with Gasteiger partial charge in [0.05, 0.1) is 18.7 Å². The second-order valence-electron chi connectivity index (χ2n) is 4.20. The van der Waals surface area contributed by atoms with Crippen molar-refractivity contribution in [1.29, 1.82) is 0 Å². The lowest BCUT2D eigenvalue weighted by Gasteiger charge is -2.15. The molecule has 2 rings (SSSR count). The monoisotopic (exact) mass is 439 g/mol. The molecule has 0 bridgehead atoms. The molecule has 0 fully saturated rings. The molecule has 0 saturated heterocycles. The summed E-state index contributed by atoms with van der Waals surface area (Å²) in [6.45, 7) is 2.02. The summed E-state index contributed by atoms with van der Waals surface area (Å²) in [5.74, 6) is 0. The van der Waals surface area contributed by atoms with Crippen molar-refractivity contribution in [1.82, 2.24) is 15.1 Å². The first-order valence-electron chi connectivity index (χ1n) is 5.62. The molecule has 0 radical (unpaired) electrons. The molecule has 0 aromatic carbocycles. The fourth-order valence-corrected chi connectivity index (χ4v) is 3.91. The summed E-state index contributed by atoms with van der Waals surface area (Å²) in [5, 5.41) is 10.0. The quantitative estimate of drug-likeness (QED) is 0.736. The van der Waals surface area contributed by atoms with Crippen molar-refractivity contribution in [3.05, 3.63) is 35.8 Å². The zero-order valence-corrected chi connectivity index (χ0v) is 15.1. The standard InChI is InChI=1S/C12H15BrIN3S/c1-7-12(13)10(17(3)16-7)5-9(15-2)8-4-11(14)18-6-8/h4,6,9,15H,5H2,1-3H3. The fourth-order valence-electron chi connectivity index (χ4n) is 1.99. The van der Waals surface area contributed by atoms with E-state index in [9.17, 15) is 0 Å². The maximum absolute atomic E-state index is 4.44. The van der Waals surface area contributed by atoms with Gasteiger partial charge in [-0.25, -0.2) is 0 Å². The number of thiophene rings is 1. The Morgan fingerprint density at radius 2 is 2.33 bits per heavy atom. The van der Waals surface area contributed by atoms with Crippen molar-refractivity contribution in [2.24, 2.45) is 7.05 Å². The SMILES string of the molecule is CNC(Cc1c(Br)c(C)nn1C)c1csc(I)c1. The highest BCUT2D eigenvalue weighted by Crippen LogP contribution is 2.28. The first kappa shape index (κ1) is 14.5. The van der Waals surface area contributed by atoms with Crippen LogP contribution in [0.25, 0.3) is 0 Å². The van der Waals surface area contributed by atoms with E-state index in [1.807, 2.05) is 25.7 Å². The normalized spacial score (nSPS) is 12.9. The summed E-state index contributed by atoms with van der Waals surface area (Å²) < 4.78 is 4.40. The van der Waals surface area contributed by atoms with E-state index < -0.39 is 0 Å². The third-order valence-electron chi connectivity index (χ3n) is 3.00. The molecule has 1 unspecified atom stereocenters. The van der Waals surface area contributed by atoms with Crippen molar-refractivity contribution in [2.75, 3.05) is 7.05 Å². The van der Waals surface area contributed by atoms with Crippen LogP contribution < -0.4 is 5.32 Å². The van der Waals surface area contributed by atoms with Crippen LogP contribution in [0.2, 0.25) is 0 Å². The van der Waals surface area contributed by atoms with Gasteiger partial charge in [0.15, 0.2) is 0 Å². The van der Waals surface area contributed by atoms with Gasteiger partial charge >= 0.3 is 0 Å². The highest BCUT2D eigenvalue weighted by molar-refractivity contribution is 14.1. The van der Waals surface area contributed by atoms with Crippen LogP contribution in [0.5, 0.6) is 0 Å². The van der Waals surface area contributed by atoms with Gasteiger partial charge in [0, 0.05) is 19.5 Å². The van der Waals surface area contributed by atoms with E-state index in [1.54, 1.807) is 11.3 Å². The maximum Gasteiger partial charge on any atom is 0.0738 e. The zero-order chi connectivity index (χ0) is 13.3. The van der Waals surface area contributed by atoms with Gasteiger partial charge in [0.1, 0.15) is 0 Å². The molecule has 2 aromatic heterocycles. The van der Waals surface area contributed by atoms with Crippen LogP contribution >= 0.6 is 49.9 Å². The Balaban J connectivity index is 2.25. The largest absolute Gasteiger partial charge is 0.313 e. The molecule has 2 aromatic rings. The Labute approximate surface area is 133 Å². The van der Waals surface area contributed by atoms with Crippen molar-refractivity contribution in [3.8, 4) is 0 Å². The van der Waals surface area contributed by atoms with E-state index in [1.165, 1.54) is 14.1 Å². The predicted octanol–water partition coefficient (Wildman–Crippen LogP) is 3.66. The maximum atomic E-state index is 4.44. The molecule has 1 atom stereocenters. The molecule has 0 saturated carbocycles. The number of hydrogen-bond acceptors (Lipinski definition) is 3. The Bertz CT molecular complexity index is 550. The van der Waals surface area contributed by atoms with Crippen molar-refractivity contribution < 1.29 is 0 Å². The van der Waals surface area contributed by atoms with E-state index in [0.29, 0.717) is 6.04 Å². The lowest BCUT2D eigenvalue weighted by atomic mass is 10.1. The smallest absolute Gasteiger partial charge is 0.0738 e. The van der Waals surface area contributed by atoms with Gasteiger partial charge in [-0.15, -0.1) is 11.3 Å². The van der Waals surface area contributed by atoms with Crippen LogP contribution in [0.15, 0.2) is 15.9 Å². The molecule has 0 aliphatic rings. The molecule has 98 valence electrons.